The van der Waals surface area contributed by atoms with E-state index in [1.807, 2.05) is 0 Å². The molecule has 4 N–H and O–H groups in total. The van der Waals surface area contributed by atoms with E-state index < -0.39 is 17.5 Å². The minimum atomic E-state index is -1.14. The number of nitrogens with zero attached hydrogens (tertiary/aromatic N) is 2. The van der Waals surface area contributed by atoms with Gasteiger partial charge in [-0.25, -0.2) is 9.78 Å². The van der Waals surface area contributed by atoms with Crippen molar-refractivity contribution in [3.05, 3.63) is 16.6 Å². The highest BCUT2D eigenvalue weighted by molar-refractivity contribution is 7.09. The average molecular weight is 240 g/mol. The normalized spacial score (nSPS) is 24.6. The van der Waals surface area contributed by atoms with Crippen LogP contribution in [0.25, 0.3) is 0 Å². The van der Waals surface area contributed by atoms with E-state index in [4.69, 9.17) is 11.5 Å². The van der Waals surface area contributed by atoms with Crippen LogP contribution in [0, 0.1) is 0 Å². The second-order valence-corrected chi connectivity index (χ2v) is 4.55. The van der Waals surface area contributed by atoms with Gasteiger partial charge in [0.05, 0.1) is 0 Å². The number of hydrogen-bond acceptors (Lipinski definition) is 4. The summed E-state index contributed by atoms with van der Waals surface area (Å²) in [6.45, 7) is 0.442. The number of aromatic nitrogens is 1. The van der Waals surface area contributed by atoms with Crippen LogP contribution in [-0.4, -0.2) is 28.4 Å². The molecular weight excluding hydrogens is 228 g/mol. The summed E-state index contributed by atoms with van der Waals surface area (Å²) in [5.74, 6) is -0.571. The molecule has 1 unspecified atom stereocenters. The number of amides is 3. The summed E-state index contributed by atoms with van der Waals surface area (Å²) >= 11 is 1.31. The number of rotatable bonds is 2. The SMILES string of the molecule is NC(=O)N1CCCC1(C(N)=O)c1nccs1. The van der Waals surface area contributed by atoms with Gasteiger partial charge in [0.25, 0.3) is 5.91 Å². The molecule has 0 spiro atoms. The molecule has 0 radical (unpaired) electrons. The number of primary amides is 2. The van der Waals surface area contributed by atoms with E-state index in [-0.39, 0.29) is 0 Å². The van der Waals surface area contributed by atoms with Gasteiger partial charge in [-0.05, 0) is 12.8 Å². The van der Waals surface area contributed by atoms with E-state index in [0.29, 0.717) is 24.4 Å². The number of hydrogen-bond donors (Lipinski definition) is 2. The van der Waals surface area contributed by atoms with Gasteiger partial charge < -0.3 is 16.4 Å². The van der Waals surface area contributed by atoms with Crippen molar-refractivity contribution in [1.29, 1.82) is 0 Å². The lowest BCUT2D eigenvalue weighted by atomic mass is 9.96. The van der Waals surface area contributed by atoms with Crippen LogP contribution in [0.2, 0.25) is 0 Å². The number of thiazole rings is 1. The molecule has 0 aliphatic carbocycles. The molecule has 2 rings (SSSR count). The third kappa shape index (κ3) is 1.35. The highest BCUT2D eigenvalue weighted by atomic mass is 32.1. The summed E-state index contributed by atoms with van der Waals surface area (Å²) < 4.78 is 0. The fourth-order valence-electron chi connectivity index (χ4n) is 2.13. The van der Waals surface area contributed by atoms with E-state index in [0.717, 1.165) is 0 Å². The molecule has 1 aromatic rings. The Kier molecular flexibility index (Phi) is 2.55. The monoisotopic (exact) mass is 240 g/mol. The van der Waals surface area contributed by atoms with Crippen LogP contribution in [0.1, 0.15) is 17.8 Å². The van der Waals surface area contributed by atoms with Crippen molar-refractivity contribution in [2.24, 2.45) is 11.5 Å². The molecule has 0 saturated carbocycles. The number of carbonyl (C=O) groups is 2. The summed E-state index contributed by atoms with van der Waals surface area (Å²) in [5, 5.41) is 2.29. The lowest BCUT2D eigenvalue weighted by Gasteiger charge is -2.32. The minimum absolute atomic E-state index is 0.442. The predicted octanol–water partition coefficient (Wildman–Crippen LogP) is -0.00180. The number of urea groups is 1. The van der Waals surface area contributed by atoms with Gasteiger partial charge >= 0.3 is 6.03 Å². The second kappa shape index (κ2) is 3.75. The molecule has 1 saturated heterocycles. The maximum atomic E-state index is 11.7. The van der Waals surface area contributed by atoms with Crippen LogP contribution < -0.4 is 11.5 Å². The molecule has 3 amide bonds. The van der Waals surface area contributed by atoms with E-state index in [1.54, 1.807) is 11.6 Å². The van der Waals surface area contributed by atoms with E-state index in [9.17, 15) is 9.59 Å². The van der Waals surface area contributed by atoms with Crippen molar-refractivity contribution in [3.63, 3.8) is 0 Å². The Morgan fingerprint density at radius 2 is 2.25 bits per heavy atom. The van der Waals surface area contributed by atoms with Crippen molar-refractivity contribution in [2.45, 2.75) is 18.4 Å². The van der Waals surface area contributed by atoms with Gasteiger partial charge in [-0.15, -0.1) is 11.3 Å². The van der Waals surface area contributed by atoms with E-state index >= 15 is 0 Å². The fraction of sp³-hybridized carbons (Fsp3) is 0.444. The van der Waals surface area contributed by atoms with Crippen LogP contribution in [0.15, 0.2) is 11.6 Å². The zero-order valence-corrected chi connectivity index (χ0v) is 9.37. The van der Waals surface area contributed by atoms with Gasteiger partial charge in [0.2, 0.25) is 0 Å². The molecule has 7 heteroatoms. The van der Waals surface area contributed by atoms with Crippen LogP contribution >= 0.6 is 11.3 Å². The van der Waals surface area contributed by atoms with E-state index in [1.165, 1.54) is 16.2 Å². The first-order valence-electron chi connectivity index (χ1n) is 4.86. The molecule has 1 atom stereocenters. The average Bonchev–Trinajstić information content (AvgIpc) is 2.86. The van der Waals surface area contributed by atoms with Gasteiger partial charge in [-0.3, -0.25) is 4.79 Å². The van der Waals surface area contributed by atoms with Gasteiger partial charge in [0.1, 0.15) is 5.01 Å². The quantitative estimate of drug-likeness (QED) is 0.760. The zero-order valence-electron chi connectivity index (χ0n) is 8.55. The number of carbonyl (C=O) groups excluding carboxylic acids is 2. The van der Waals surface area contributed by atoms with Crippen molar-refractivity contribution in [3.8, 4) is 0 Å². The highest BCUT2D eigenvalue weighted by Crippen LogP contribution is 2.39. The first-order chi connectivity index (χ1) is 7.59. The Labute approximate surface area is 96.2 Å². The molecule has 1 fully saturated rings. The molecule has 1 aromatic heterocycles. The molecule has 2 heterocycles. The van der Waals surface area contributed by atoms with Gasteiger partial charge in [-0.1, -0.05) is 0 Å². The molecule has 6 nitrogen and oxygen atoms in total. The van der Waals surface area contributed by atoms with Crippen LogP contribution in [0.5, 0.6) is 0 Å². The first kappa shape index (κ1) is 10.9. The summed E-state index contributed by atoms with van der Waals surface area (Å²) in [4.78, 5) is 28.4. The Bertz CT molecular complexity index is 419. The Hall–Kier alpha value is -1.63. The van der Waals surface area contributed by atoms with Crippen molar-refractivity contribution in [2.75, 3.05) is 6.54 Å². The predicted molar refractivity (Wildman–Crippen MR) is 58.5 cm³/mol. The maximum Gasteiger partial charge on any atom is 0.316 e. The third-order valence-corrected chi connectivity index (χ3v) is 3.77. The fourth-order valence-corrected chi connectivity index (χ4v) is 3.01. The summed E-state index contributed by atoms with van der Waals surface area (Å²) in [5.41, 5.74) is 9.56. The zero-order chi connectivity index (χ0) is 11.8. The van der Waals surface area contributed by atoms with Crippen molar-refractivity contribution < 1.29 is 9.59 Å². The first-order valence-corrected chi connectivity index (χ1v) is 5.74. The largest absolute Gasteiger partial charge is 0.367 e. The smallest absolute Gasteiger partial charge is 0.316 e. The van der Waals surface area contributed by atoms with Gasteiger partial charge in [-0.2, -0.15) is 0 Å². The third-order valence-electron chi connectivity index (χ3n) is 2.84. The summed E-state index contributed by atoms with van der Waals surface area (Å²) in [6, 6.07) is -0.633. The minimum Gasteiger partial charge on any atom is -0.367 e. The lowest BCUT2D eigenvalue weighted by molar-refractivity contribution is -0.127. The molecule has 1 aliphatic rings. The number of likely N-dealkylation sites (tertiary alicyclic amines) is 1. The Morgan fingerprint density at radius 1 is 1.50 bits per heavy atom. The topological polar surface area (TPSA) is 102 Å². The standard InChI is InChI=1S/C9H12N4O2S/c10-6(14)9(7-12-3-5-16-7)2-1-4-13(9)8(11)15/h3,5H,1-2,4H2,(H2,10,14)(H2,11,15). The second-order valence-electron chi connectivity index (χ2n) is 3.66. The highest BCUT2D eigenvalue weighted by Gasteiger charge is 2.51. The summed E-state index contributed by atoms with van der Waals surface area (Å²) in [7, 11) is 0. The molecule has 1 aliphatic heterocycles. The Morgan fingerprint density at radius 3 is 2.75 bits per heavy atom. The van der Waals surface area contributed by atoms with Crippen LogP contribution in [0.4, 0.5) is 4.79 Å². The van der Waals surface area contributed by atoms with Gasteiger partial charge in [0, 0.05) is 18.1 Å². The lowest BCUT2D eigenvalue weighted by Crippen LogP contribution is -2.55. The molecule has 0 aromatic carbocycles. The van der Waals surface area contributed by atoms with Crippen molar-refractivity contribution >= 4 is 23.3 Å². The molecular formula is C9H12N4O2S. The molecule has 16 heavy (non-hydrogen) atoms. The maximum absolute atomic E-state index is 11.7. The van der Waals surface area contributed by atoms with E-state index in [2.05, 4.69) is 4.98 Å². The van der Waals surface area contributed by atoms with Gasteiger partial charge in [0.15, 0.2) is 5.54 Å². The van der Waals surface area contributed by atoms with Crippen LogP contribution in [-0.2, 0) is 10.3 Å². The summed E-state index contributed by atoms with van der Waals surface area (Å²) in [6.07, 6.45) is 2.77. The number of nitrogens with two attached hydrogens (primary N) is 2. The Balaban J connectivity index is 2.51. The van der Waals surface area contributed by atoms with Crippen LogP contribution in [0.3, 0.4) is 0 Å². The molecule has 0 bridgehead atoms. The molecule has 86 valence electrons. The van der Waals surface area contributed by atoms with Crippen molar-refractivity contribution in [1.82, 2.24) is 9.88 Å².